The second kappa shape index (κ2) is 6.08. The highest BCUT2D eigenvalue weighted by molar-refractivity contribution is 7.89. The number of hydrogen-bond donors (Lipinski definition) is 2. The van der Waals surface area contributed by atoms with Crippen molar-refractivity contribution in [2.24, 2.45) is 0 Å². The summed E-state index contributed by atoms with van der Waals surface area (Å²) in [5, 5.41) is 8.80. The zero-order chi connectivity index (χ0) is 15.6. The number of sulfonamides is 1. The largest absolute Gasteiger partial charge is 0.479 e. The molecule has 0 bridgehead atoms. The first kappa shape index (κ1) is 15.9. The number of carbonyl (C=O) groups is 1. The molecular weight excluding hydrogens is 301 g/mol. The van der Waals surface area contributed by atoms with Gasteiger partial charge in [-0.25, -0.2) is 22.3 Å². The molecule has 1 fully saturated rings. The molecule has 2 unspecified atom stereocenters. The maximum absolute atomic E-state index is 13.0. The zero-order valence-electron chi connectivity index (χ0n) is 11.4. The number of carboxylic acid groups (broad SMARTS) is 1. The number of benzene rings is 1. The normalized spacial score (nSPS) is 22.4. The molecule has 6 nitrogen and oxygen atoms in total. The van der Waals surface area contributed by atoms with Gasteiger partial charge in [0.15, 0.2) is 6.10 Å². The summed E-state index contributed by atoms with van der Waals surface area (Å²) in [5.41, 5.74) is 0.304. The molecule has 2 N–H and O–H groups in total. The highest BCUT2D eigenvalue weighted by Crippen LogP contribution is 2.21. The Hall–Kier alpha value is -1.51. The minimum atomic E-state index is -3.78. The van der Waals surface area contributed by atoms with Crippen LogP contribution in [0.25, 0.3) is 0 Å². The number of aliphatic carboxylic acids is 1. The molecule has 0 aromatic heterocycles. The molecule has 0 amide bonds. The standard InChI is InChI=1S/C13H16FNO5S/c1-8-6-9(14)2-5-12(8)21(18,19)15-7-10-3-4-11(20-10)13(16)17/h2,5-6,10-11,15H,3-4,7H2,1H3,(H,16,17). The maximum atomic E-state index is 13.0. The second-order valence-electron chi connectivity index (χ2n) is 4.92. The van der Waals surface area contributed by atoms with Crippen LogP contribution in [-0.4, -0.2) is 38.2 Å². The van der Waals surface area contributed by atoms with Crippen LogP contribution in [0.2, 0.25) is 0 Å². The number of hydrogen-bond acceptors (Lipinski definition) is 4. The Balaban J connectivity index is 2.01. The molecule has 2 atom stereocenters. The number of nitrogens with one attached hydrogen (secondary N) is 1. The van der Waals surface area contributed by atoms with Crippen molar-refractivity contribution < 1.29 is 27.4 Å². The summed E-state index contributed by atoms with van der Waals surface area (Å²) in [6.45, 7) is 1.49. The van der Waals surface area contributed by atoms with E-state index >= 15 is 0 Å². The van der Waals surface area contributed by atoms with Crippen molar-refractivity contribution in [3.63, 3.8) is 0 Å². The van der Waals surface area contributed by atoms with Crippen molar-refractivity contribution in [2.75, 3.05) is 6.54 Å². The van der Waals surface area contributed by atoms with Crippen molar-refractivity contribution in [1.29, 1.82) is 0 Å². The summed E-state index contributed by atoms with van der Waals surface area (Å²) in [6, 6.07) is 3.41. The Kier molecular flexibility index (Phi) is 4.60. The van der Waals surface area contributed by atoms with Gasteiger partial charge in [-0.1, -0.05) is 0 Å². The minimum Gasteiger partial charge on any atom is -0.479 e. The van der Waals surface area contributed by atoms with E-state index in [0.717, 1.165) is 12.1 Å². The Morgan fingerprint density at radius 3 is 2.76 bits per heavy atom. The van der Waals surface area contributed by atoms with Gasteiger partial charge in [0.2, 0.25) is 10.0 Å². The van der Waals surface area contributed by atoms with Gasteiger partial charge in [-0.05, 0) is 43.5 Å². The van der Waals surface area contributed by atoms with Crippen LogP contribution in [0.3, 0.4) is 0 Å². The third kappa shape index (κ3) is 3.78. The Morgan fingerprint density at radius 1 is 1.48 bits per heavy atom. The lowest BCUT2D eigenvalue weighted by atomic mass is 10.2. The SMILES string of the molecule is Cc1cc(F)ccc1S(=O)(=O)NCC1CCC(C(=O)O)O1. The first-order valence-corrected chi connectivity index (χ1v) is 7.92. The molecule has 0 aliphatic carbocycles. The Bertz CT molecular complexity index is 646. The van der Waals surface area contributed by atoms with Crippen molar-refractivity contribution in [1.82, 2.24) is 4.72 Å². The third-order valence-electron chi connectivity index (χ3n) is 3.31. The summed E-state index contributed by atoms with van der Waals surface area (Å²) >= 11 is 0. The third-order valence-corrected chi connectivity index (χ3v) is 4.89. The molecular formula is C13H16FNO5S. The van der Waals surface area contributed by atoms with Crippen LogP contribution < -0.4 is 4.72 Å². The highest BCUT2D eigenvalue weighted by Gasteiger charge is 2.31. The summed E-state index contributed by atoms with van der Waals surface area (Å²) in [6.07, 6.45) is -0.521. The molecule has 21 heavy (non-hydrogen) atoms. The van der Waals surface area contributed by atoms with Crippen LogP contribution in [0.15, 0.2) is 23.1 Å². The summed E-state index contributed by atoms with van der Waals surface area (Å²) in [4.78, 5) is 10.7. The molecule has 0 spiro atoms. The first-order valence-electron chi connectivity index (χ1n) is 6.43. The fourth-order valence-corrected chi connectivity index (χ4v) is 3.52. The summed E-state index contributed by atoms with van der Waals surface area (Å²) in [5.74, 6) is -1.55. The van der Waals surface area contributed by atoms with E-state index in [4.69, 9.17) is 9.84 Å². The lowest BCUT2D eigenvalue weighted by molar-refractivity contribution is -0.149. The quantitative estimate of drug-likeness (QED) is 0.846. The fraction of sp³-hybridized carbons (Fsp3) is 0.462. The lowest BCUT2D eigenvalue weighted by Crippen LogP contribution is -2.33. The van der Waals surface area contributed by atoms with Gasteiger partial charge in [-0.15, -0.1) is 0 Å². The lowest BCUT2D eigenvalue weighted by Gasteiger charge is -2.13. The van der Waals surface area contributed by atoms with Crippen LogP contribution in [-0.2, 0) is 19.6 Å². The van der Waals surface area contributed by atoms with E-state index in [1.807, 2.05) is 0 Å². The van der Waals surface area contributed by atoms with Crippen molar-refractivity contribution in [2.45, 2.75) is 36.9 Å². The summed E-state index contributed by atoms with van der Waals surface area (Å²) < 4.78 is 44.8. The fourth-order valence-electron chi connectivity index (χ4n) is 2.23. The average molecular weight is 317 g/mol. The number of rotatable bonds is 5. The van der Waals surface area contributed by atoms with E-state index in [2.05, 4.69) is 4.72 Å². The van der Waals surface area contributed by atoms with Crippen LogP contribution in [0, 0.1) is 12.7 Å². The molecule has 116 valence electrons. The summed E-state index contributed by atoms with van der Waals surface area (Å²) in [7, 11) is -3.78. The van der Waals surface area contributed by atoms with E-state index in [-0.39, 0.29) is 11.4 Å². The monoisotopic (exact) mass is 317 g/mol. The van der Waals surface area contributed by atoms with Crippen molar-refractivity contribution >= 4 is 16.0 Å². The molecule has 1 aliphatic rings. The van der Waals surface area contributed by atoms with E-state index in [0.29, 0.717) is 18.4 Å². The van der Waals surface area contributed by atoms with Crippen LogP contribution in [0.4, 0.5) is 4.39 Å². The Morgan fingerprint density at radius 2 is 2.19 bits per heavy atom. The zero-order valence-corrected chi connectivity index (χ0v) is 12.2. The van der Waals surface area contributed by atoms with Crippen LogP contribution in [0.5, 0.6) is 0 Å². The van der Waals surface area contributed by atoms with E-state index in [1.54, 1.807) is 0 Å². The van der Waals surface area contributed by atoms with Crippen LogP contribution >= 0.6 is 0 Å². The predicted octanol–water partition coefficient (Wildman–Crippen LogP) is 1.04. The van der Waals surface area contributed by atoms with Gasteiger partial charge in [0.05, 0.1) is 11.0 Å². The molecule has 2 rings (SSSR count). The topological polar surface area (TPSA) is 92.7 Å². The van der Waals surface area contributed by atoms with E-state index in [1.165, 1.54) is 13.0 Å². The van der Waals surface area contributed by atoms with Gasteiger partial charge in [0.25, 0.3) is 0 Å². The van der Waals surface area contributed by atoms with Crippen molar-refractivity contribution in [3.8, 4) is 0 Å². The molecule has 0 saturated carbocycles. The molecule has 0 radical (unpaired) electrons. The van der Waals surface area contributed by atoms with Gasteiger partial charge in [0.1, 0.15) is 5.82 Å². The van der Waals surface area contributed by atoms with Gasteiger partial charge < -0.3 is 9.84 Å². The average Bonchev–Trinajstić information content (AvgIpc) is 2.85. The molecule has 1 aromatic carbocycles. The second-order valence-corrected chi connectivity index (χ2v) is 6.66. The van der Waals surface area contributed by atoms with Crippen molar-refractivity contribution in [3.05, 3.63) is 29.6 Å². The number of aryl methyl sites for hydroxylation is 1. The van der Waals surface area contributed by atoms with Gasteiger partial charge in [0, 0.05) is 6.54 Å². The maximum Gasteiger partial charge on any atom is 0.332 e. The van der Waals surface area contributed by atoms with Crippen LogP contribution in [0.1, 0.15) is 18.4 Å². The van der Waals surface area contributed by atoms with Gasteiger partial charge in [-0.3, -0.25) is 0 Å². The smallest absolute Gasteiger partial charge is 0.332 e. The molecule has 1 heterocycles. The number of halogens is 1. The van der Waals surface area contributed by atoms with Gasteiger partial charge >= 0.3 is 5.97 Å². The molecule has 1 aliphatic heterocycles. The molecule has 1 aromatic rings. The van der Waals surface area contributed by atoms with E-state index in [9.17, 15) is 17.6 Å². The minimum absolute atomic E-state index is 0.00307. The number of carboxylic acids is 1. The van der Waals surface area contributed by atoms with E-state index < -0.39 is 34.0 Å². The first-order chi connectivity index (χ1) is 9.79. The predicted molar refractivity (Wildman–Crippen MR) is 71.9 cm³/mol. The number of ether oxygens (including phenoxy) is 1. The van der Waals surface area contributed by atoms with Gasteiger partial charge in [-0.2, -0.15) is 0 Å². The highest BCUT2D eigenvalue weighted by atomic mass is 32.2. The molecule has 1 saturated heterocycles. The Labute approximate surface area is 122 Å². The molecule has 8 heteroatoms.